The molecule has 4 heteroatoms. The fourth-order valence-corrected chi connectivity index (χ4v) is 7.10. The number of pyridine rings is 1. The molecule has 2 aromatic rings. The van der Waals surface area contributed by atoms with Crippen molar-refractivity contribution >= 4 is 28.6 Å². The van der Waals surface area contributed by atoms with Gasteiger partial charge in [0, 0.05) is 11.4 Å². The van der Waals surface area contributed by atoms with Gasteiger partial charge < -0.3 is 5.32 Å². The molecule has 4 aliphatic rings. The maximum absolute atomic E-state index is 12.6. The molecule has 142 valence electrons. The minimum Gasteiger partial charge on any atom is -0.352 e. The molecular formula is C23H28N2OS. The van der Waals surface area contributed by atoms with E-state index in [2.05, 4.69) is 29.4 Å². The van der Waals surface area contributed by atoms with Crippen LogP contribution < -0.4 is 5.32 Å². The summed E-state index contributed by atoms with van der Waals surface area (Å²) in [6.45, 7) is 2.25. The molecule has 0 radical (unpaired) electrons. The lowest BCUT2D eigenvalue weighted by Crippen LogP contribution is -2.56. The second-order valence-corrected chi connectivity index (χ2v) is 10.2. The Balaban J connectivity index is 1.20. The van der Waals surface area contributed by atoms with E-state index < -0.39 is 0 Å². The van der Waals surface area contributed by atoms with Crippen LogP contribution in [0.25, 0.3) is 10.9 Å². The Bertz CT molecular complexity index is 829. The first-order valence-corrected chi connectivity index (χ1v) is 11.4. The van der Waals surface area contributed by atoms with Crippen LogP contribution in [0, 0.1) is 23.2 Å². The molecular weight excluding hydrogens is 352 g/mol. The number of hydrogen-bond donors (Lipinski definition) is 1. The number of thioether (sulfide) groups is 1. The second-order valence-electron chi connectivity index (χ2n) is 9.20. The van der Waals surface area contributed by atoms with Crippen LogP contribution in [-0.4, -0.2) is 22.7 Å². The standard InChI is InChI=1S/C23H28N2OS/c1-15(23-11-16-8-17(12-23)10-18(9-16)13-23)24-21(26)14-27-22-7-6-19-4-2-3-5-20(19)25-22/h2-7,15-18H,8-14H2,1H3,(H,24,26)/t15-,16?,17?,18?,23?/m0/s1. The highest BCUT2D eigenvalue weighted by atomic mass is 32.2. The van der Waals surface area contributed by atoms with Crippen LogP contribution in [0.5, 0.6) is 0 Å². The molecule has 4 aliphatic carbocycles. The molecule has 3 nitrogen and oxygen atoms in total. The molecule has 6 rings (SSSR count). The molecule has 1 N–H and O–H groups in total. The number of nitrogens with one attached hydrogen (secondary N) is 1. The summed E-state index contributed by atoms with van der Waals surface area (Å²) in [7, 11) is 0. The summed E-state index contributed by atoms with van der Waals surface area (Å²) < 4.78 is 0. The lowest BCUT2D eigenvalue weighted by Gasteiger charge is -2.59. The predicted octanol–water partition coefficient (Wildman–Crippen LogP) is 5.05. The van der Waals surface area contributed by atoms with Gasteiger partial charge in [0.25, 0.3) is 0 Å². The van der Waals surface area contributed by atoms with E-state index in [0.717, 1.165) is 33.7 Å². The number of aromatic nitrogens is 1. The molecule has 1 aromatic carbocycles. The van der Waals surface area contributed by atoms with Gasteiger partial charge in [0.15, 0.2) is 0 Å². The van der Waals surface area contributed by atoms with Gasteiger partial charge in [-0.25, -0.2) is 4.98 Å². The number of carbonyl (C=O) groups excluding carboxylic acids is 1. The van der Waals surface area contributed by atoms with Crippen molar-refractivity contribution in [2.24, 2.45) is 23.2 Å². The number of fused-ring (bicyclic) bond motifs is 1. The number of benzene rings is 1. The Labute approximate surface area is 165 Å². The number of amides is 1. The summed E-state index contributed by atoms with van der Waals surface area (Å²) in [6, 6.07) is 12.5. The molecule has 4 saturated carbocycles. The summed E-state index contributed by atoms with van der Waals surface area (Å²) in [5.74, 6) is 3.37. The Hall–Kier alpha value is -1.55. The lowest BCUT2D eigenvalue weighted by atomic mass is 9.48. The van der Waals surface area contributed by atoms with Crippen LogP contribution >= 0.6 is 11.8 Å². The minimum absolute atomic E-state index is 0.151. The van der Waals surface area contributed by atoms with E-state index in [1.54, 1.807) is 0 Å². The van der Waals surface area contributed by atoms with Crippen molar-refractivity contribution in [1.29, 1.82) is 0 Å². The highest BCUT2D eigenvalue weighted by Crippen LogP contribution is 2.61. The van der Waals surface area contributed by atoms with E-state index in [4.69, 9.17) is 0 Å². The van der Waals surface area contributed by atoms with Gasteiger partial charge in [-0.2, -0.15) is 0 Å². The molecule has 0 aliphatic heterocycles. The summed E-state index contributed by atoms with van der Waals surface area (Å²) in [5, 5.41) is 5.42. The summed E-state index contributed by atoms with van der Waals surface area (Å²) in [4.78, 5) is 17.3. The highest BCUT2D eigenvalue weighted by Gasteiger charge is 2.53. The van der Waals surface area contributed by atoms with E-state index in [0.29, 0.717) is 17.2 Å². The number of nitrogens with zero attached hydrogens (tertiary/aromatic N) is 1. The van der Waals surface area contributed by atoms with Crippen LogP contribution in [0.3, 0.4) is 0 Å². The summed E-state index contributed by atoms with van der Waals surface area (Å²) >= 11 is 1.54. The van der Waals surface area contributed by atoms with Gasteiger partial charge in [-0.05, 0) is 80.8 Å². The zero-order chi connectivity index (χ0) is 18.4. The molecule has 4 fully saturated rings. The van der Waals surface area contributed by atoms with Gasteiger partial charge in [0.1, 0.15) is 0 Å². The molecule has 0 spiro atoms. The smallest absolute Gasteiger partial charge is 0.230 e. The minimum atomic E-state index is 0.151. The highest BCUT2D eigenvalue weighted by molar-refractivity contribution is 7.99. The Morgan fingerprint density at radius 1 is 1.11 bits per heavy atom. The van der Waals surface area contributed by atoms with Crippen molar-refractivity contribution in [3.8, 4) is 0 Å². The first kappa shape index (κ1) is 17.5. The molecule has 0 unspecified atom stereocenters. The fourth-order valence-electron chi connectivity index (χ4n) is 6.41. The van der Waals surface area contributed by atoms with Crippen LogP contribution in [0.4, 0.5) is 0 Å². The summed E-state index contributed by atoms with van der Waals surface area (Å²) in [5.41, 5.74) is 1.36. The molecule has 27 heavy (non-hydrogen) atoms. The SMILES string of the molecule is C[C@H](NC(=O)CSc1ccc2ccccc2n1)C12CC3CC(CC(C3)C1)C2. The normalized spacial score (nSPS) is 32.6. The Kier molecular flexibility index (Phi) is 4.42. The molecule has 1 amide bonds. The number of rotatable bonds is 5. The van der Waals surface area contributed by atoms with Crippen molar-refractivity contribution in [2.75, 3.05) is 5.75 Å². The monoisotopic (exact) mass is 380 g/mol. The largest absolute Gasteiger partial charge is 0.352 e. The van der Waals surface area contributed by atoms with Gasteiger partial charge in [-0.3, -0.25) is 4.79 Å². The maximum Gasteiger partial charge on any atom is 0.230 e. The van der Waals surface area contributed by atoms with Crippen LogP contribution in [0.1, 0.15) is 45.4 Å². The second kappa shape index (κ2) is 6.80. The van der Waals surface area contributed by atoms with Gasteiger partial charge >= 0.3 is 0 Å². The number of para-hydroxylation sites is 1. The van der Waals surface area contributed by atoms with E-state index in [9.17, 15) is 4.79 Å². The molecule has 4 bridgehead atoms. The average molecular weight is 381 g/mol. The molecule has 1 aromatic heterocycles. The number of carbonyl (C=O) groups is 1. The van der Waals surface area contributed by atoms with Gasteiger partial charge in [-0.1, -0.05) is 36.0 Å². The maximum atomic E-state index is 12.6. The third-order valence-electron chi connectivity index (χ3n) is 7.31. The van der Waals surface area contributed by atoms with Crippen molar-refractivity contribution in [3.63, 3.8) is 0 Å². The quantitative estimate of drug-likeness (QED) is 0.738. The van der Waals surface area contributed by atoms with Crippen molar-refractivity contribution in [1.82, 2.24) is 10.3 Å². The summed E-state index contributed by atoms with van der Waals surface area (Å²) in [6.07, 6.45) is 8.34. The number of hydrogen-bond acceptors (Lipinski definition) is 3. The van der Waals surface area contributed by atoms with Crippen LogP contribution in [-0.2, 0) is 4.79 Å². The van der Waals surface area contributed by atoms with Gasteiger partial charge in [0.05, 0.1) is 16.3 Å². The van der Waals surface area contributed by atoms with E-state index >= 15 is 0 Å². The van der Waals surface area contributed by atoms with E-state index in [1.807, 2.05) is 24.3 Å². The van der Waals surface area contributed by atoms with Crippen molar-refractivity contribution in [3.05, 3.63) is 36.4 Å². The zero-order valence-electron chi connectivity index (χ0n) is 16.0. The van der Waals surface area contributed by atoms with Crippen LogP contribution in [0.2, 0.25) is 0 Å². The van der Waals surface area contributed by atoms with Crippen LogP contribution in [0.15, 0.2) is 41.4 Å². The fraction of sp³-hybridized carbons (Fsp3) is 0.565. The molecule has 0 saturated heterocycles. The van der Waals surface area contributed by atoms with Gasteiger partial charge in [-0.15, -0.1) is 0 Å². The van der Waals surface area contributed by atoms with E-state index in [-0.39, 0.29) is 5.91 Å². The lowest BCUT2D eigenvalue weighted by molar-refractivity contribution is -0.123. The molecule has 1 heterocycles. The van der Waals surface area contributed by atoms with Crippen molar-refractivity contribution < 1.29 is 4.79 Å². The third-order valence-corrected chi connectivity index (χ3v) is 8.24. The first-order chi connectivity index (χ1) is 13.1. The van der Waals surface area contributed by atoms with Crippen molar-refractivity contribution in [2.45, 2.75) is 56.5 Å². The first-order valence-electron chi connectivity index (χ1n) is 10.4. The van der Waals surface area contributed by atoms with Gasteiger partial charge in [0.2, 0.25) is 5.91 Å². The predicted molar refractivity (Wildman–Crippen MR) is 111 cm³/mol. The Morgan fingerprint density at radius 2 is 1.78 bits per heavy atom. The average Bonchev–Trinajstić information content (AvgIpc) is 2.65. The molecule has 1 atom stereocenters. The topological polar surface area (TPSA) is 42.0 Å². The zero-order valence-corrected chi connectivity index (χ0v) is 16.8. The third kappa shape index (κ3) is 3.37. The van der Waals surface area contributed by atoms with E-state index in [1.165, 1.54) is 50.3 Å². The Morgan fingerprint density at radius 3 is 2.48 bits per heavy atom.